The van der Waals surface area contributed by atoms with Crippen molar-refractivity contribution in [2.45, 2.75) is 19.4 Å². The standard InChI is InChI=1S/C14H13N3O4/c1-8-14(20)15-12(18)7-17(8)13(19)6-10-9-4-2-3-5-11(9)21-16-10/h2-5,8H,6-7H2,1H3,(H,15,18,20). The zero-order valence-electron chi connectivity index (χ0n) is 11.3. The third-order valence-electron chi connectivity index (χ3n) is 3.51. The van der Waals surface area contributed by atoms with Crippen molar-refractivity contribution in [3.05, 3.63) is 30.0 Å². The quantitative estimate of drug-likeness (QED) is 0.799. The highest BCUT2D eigenvalue weighted by Gasteiger charge is 2.33. The Morgan fingerprint density at radius 2 is 2.19 bits per heavy atom. The van der Waals surface area contributed by atoms with Gasteiger partial charge in [-0.2, -0.15) is 0 Å². The highest BCUT2D eigenvalue weighted by Crippen LogP contribution is 2.19. The van der Waals surface area contributed by atoms with E-state index in [1.165, 1.54) is 4.90 Å². The molecule has 3 rings (SSSR count). The number of nitrogens with zero attached hydrogens (tertiary/aromatic N) is 2. The minimum absolute atomic E-state index is 0.0120. The first-order chi connectivity index (χ1) is 10.1. The number of hydrogen-bond donors (Lipinski definition) is 1. The fourth-order valence-electron chi connectivity index (χ4n) is 2.33. The Labute approximate surface area is 119 Å². The number of fused-ring (bicyclic) bond motifs is 1. The van der Waals surface area contributed by atoms with Gasteiger partial charge in [0.05, 0.1) is 6.42 Å². The highest BCUT2D eigenvalue weighted by atomic mass is 16.5. The van der Waals surface area contributed by atoms with Gasteiger partial charge in [-0.15, -0.1) is 0 Å². The molecule has 0 radical (unpaired) electrons. The Bertz CT molecular complexity index is 737. The van der Waals surface area contributed by atoms with Crippen LogP contribution in [0.4, 0.5) is 0 Å². The SMILES string of the molecule is CC1C(=O)NC(=O)CN1C(=O)Cc1noc2ccccc12. The topological polar surface area (TPSA) is 92.5 Å². The lowest BCUT2D eigenvalue weighted by molar-refractivity contribution is -0.149. The monoisotopic (exact) mass is 287 g/mol. The van der Waals surface area contributed by atoms with Crippen LogP contribution in [0.1, 0.15) is 12.6 Å². The van der Waals surface area contributed by atoms with Crippen LogP contribution in [0.2, 0.25) is 0 Å². The van der Waals surface area contributed by atoms with Gasteiger partial charge >= 0.3 is 0 Å². The van der Waals surface area contributed by atoms with E-state index in [1.807, 2.05) is 18.2 Å². The molecule has 1 N–H and O–H groups in total. The maximum atomic E-state index is 12.3. The molecule has 0 aliphatic carbocycles. The van der Waals surface area contributed by atoms with Crippen LogP contribution in [0.5, 0.6) is 0 Å². The normalized spacial score (nSPS) is 18.9. The van der Waals surface area contributed by atoms with Crippen molar-refractivity contribution in [3.63, 3.8) is 0 Å². The first kappa shape index (κ1) is 13.3. The lowest BCUT2D eigenvalue weighted by atomic mass is 10.1. The summed E-state index contributed by atoms with van der Waals surface area (Å²) in [6.45, 7) is 1.46. The number of amides is 3. The minimum atomic E-state index is -0.673. The molecular weight excluding hydrogens is 274 g/mol. The van der Waals surface area contributed by atoms with Gasteiger partial charge in [0.1, 0.15) is 18.3 Å². The Hall–Kier alpha value is -2.70. The lowest BCUT2D eigenvalue weighted by Gasteiger charge is -2.31. The molecule has 1 saturated heterocycles. The Kier molecular flexibility index (Phi) is 3.17. The summed E-state index contributed by atoms with van der Waals surface area (Å²) in [5.74, 6) is -1.27. The summed E-state index contributed by atoms with van der Waals surface area (Å²) >= 11 is 0. The van der Waals surface area contributed by atoms with Gasteiger partial charge in [-0.05, 0) is 19.1 Å². The van der Waals surface area contributed by atoms with Crippen molar-refractivity contribution in [1.82, 2.24) is 15.4 Å². The summed E-state index contributed by atoms with van der Waals surface area (Å²) in [4.78, 5) is 36.5. The van der Waals surface area contributed by atoms with Crippen molar-refractivity contribution in [3.8, 4) is 0 Å². The van der Waals surface area contributed by atoms with Crippen molar-refractivity contribution in [2.24, 2.45) is 0 Å². The Morgan fingerprint density at radius 3 is 3.00 bits per heavy atom. The molecule has 1 fully saturated rings. The number of para-hydroxylation sites is 1. The van der Waals surface area contributed by atoms with E-state index in [4.69, 9.17) is 4.52 Å². The van der Waals surface area contributed by atoms with Gasteiger partial charge in [0.2, 0.25) is 17.7 Å². The van der Waals surface area contributed by atoms with Gasteiger partial charge in [-0.1, -0.05) is 17.3 Å². The molecule has 1 aromatic carbocycles. The number of carbonyl (C=O) groups is 3. The minimum Gasteiger partial charge on any atom is -0.356 e. The number of benzene rings is 1. The summed E-state index contributed by atoms with van der Waals surface area (Å²) in [6, 6.07) is 6.54. The average molecular weight is 287 g/mol. The van der Waals surface area contributed by atoms with Crippen LogP contribution in [0.15, 0.2) is 28.8 Å². The second-order valence-electron chi connectivity index (χ2n) is 4.91. The number of piperazine rings is 1. The maximum absolute atomic E-state index is 12.3. The van der Waals surface area contributed by atoms with Crippen LogP contribution in [0.3, 0.4) is 0 Å². The molecule has 3 amide bonds. The zero-order valence-corrected chi connectivity index (χ0v) is 11.3. The molecule has 2 aromatic rings. The van der Waals surface area contributed by atoms with Gasteiger partial charge in [-0.25, -0.2) is 0 Å². The average Bonchev–Trinajstić information content (AvgIpc) is 2.86. The predicted molar refractivity (Wildman–Crippen MR) is 72.0 cm³/mol. The van der Waals surface area contributed by atoms with Crippen LogP contribution in [-0.4, -0.2) is 40.4 Å². The van der Waals surface area contributed by atoms with E-state index in [1.54, 1.807) is 13.0 Å². The zero-order chi connectivity index (χ0) is 15.0. The number of nitrogens with one attached hydrogen (secondary N) is 1. The molecule has 1 aromatic heterocycles. The van der Waals surface area contributed by atoms with Crippen LogP contribution in [-0.2, 0) is 20.8 Å². The fourth-order valence-corrected chi connectivity index (χ4v) is 2.33. The van der Waals surface area contributed by atoms with Crippen molar-refractivity contribution < 1.29 is 18.9 Å². The Balaban J connectivity index is 1.82. The first-order valence-electron chi connectivity index (χ1n) is 6.52. The first-order valence-corrected chi connectivity index (χ1v) is 6.52. The van der Waals surface area contributed by atoms with E-state index < -0.39 is 17.9 Å². The second kappa shape index (κ2) is 5.01. The predicted octanol–water partition coefficient (Wildman–Crippen LogP) is 0.244. The van der Waals surface area contributed by atoms with E-state index in [0.29, 0.717) is 11.3 Å². The summed E-state index contributed by atoms with van der Waals surface area (Å²) < 4.78 is 5.14. The third kappa shape index (κ3) is 2.37. The summed E-state index contributed by atoms with van der Waals surface area (Å²) in [5, 5.41) is 6.84. The molecule has 7 heteroatoms. The molecule has 0 saturated carbocycles. The molecule has 108 valence electrons. The summed E-state index contributed by atoms with van der Waals surface area (Å²) in [6.07, 6.45) is -0.0120. The van der Waals surface area contributed by atoms with Crippen molar-refractivity contribution in [1.29, 1.82) is 0 Å². The molecule has 2 heterocycles. The van der Waals surface area contributed by atoms with Gasteiger partial charge in [0.25, 0.3) is 0 Å². The third-order valence-corrected chi connectivity index (χ3v) is 3.51. The molecule has 7 nitrogen and oxygen atoms in total. The summed E-state index contributed by atoms with van der Waals surface area (Å²) in [7, 11) is 0. The largest absolute Gasteiger partial charge is 0.356 e. The number of carbonyl (C=O) groups excluding carboxylic acids is 3. The van der Waals surface area contributed by atoms with E-state index in [0.717, 1.165) is 5.39 Å². The van der Waals surface area contributed by atoms with Gasteiger partial charge in [-0.3, -0.25) is 19.7 Å². The lowest BCUT2D eigenvalue weighted by Crippen LogP contribution is -2.58. The smallest absolute Gasteiger partial charge is 0.249 e. The molecule has 1 unspecified atom stereocenters. The molecule has 1 aliphatic rings. The van der Waals surface area contributed by atoms with E-state index in [2.05, 4.69) is 10.5 Å². The molecular formula is C14H13N3O4. The molecule has 0 spiro atoms. The second-order valence-corrected chi connectivity index (χ2v) is 4.91. The van der Waals surface area contributed by atoms with E-state index in [9.17, 15) is 14.4 Å². The molecule has 1 aliphatic heterocycles. The van der Waals surface area contributed by atoms with Crippen LogP contribution in [0.25, 0.3) is 11.0 Å². The number of imide groups is 1. The van der Waals surface area contributed by atoms with Crippen molar-refractivity contribution in [2.75, 3.05) is 6.54 Å². The van der Waals surface area contributed by atoms with Gasteiger partial charge in [0, 0.05) is 5.39 Å². The van der Waals surface area contributed by atoms with E-state index >= 15 is 0 Å². The molecule has 21 heavy (non-hydrogen) atoms. The van der Waals surface area contributed by atoms with E-state index in [-0.39, 0.29) is 18.9 Å². The maximum Gasteiger partial charge on any atom is 0.249 e. The van der Waals surface area contributed by atoms with Gasteiger partial charge in [0.15, 0.2) is 5.58 Å². The fraction of sp³-hybridized carbons (Fsp3) is 0.286. The number of rotatable bonds is 2. The number of aromatic nitrogens is 1. The Morgan fingerprint density at radius 1 is 1.43 bits per heavy atom. The highest BCUT2D eigenvalue weighted by molar-refractivity contribution is 6.04. The van der Waals surface area contributed by atoms with Crippen molar-refractivity contribution >= 4 is 28.7 Å². The number of hydrogen-bond acceptors (Lipinski definition) is 5. The van der Waals surface area contributed by atoms with Gasteiger partial charge < -0.3 is 9.42 Å². The van der Waals surface area contributed by atoms with Crippen LogP contribution < -0.4 is 5.32 Å². The summed E-state index contributed by atoms with van der Waals surface area (Å²) in [5.41, 5.74) is 1.10. The van der Waals surface area contributed by atoms with Crippen LogP contribution in [0, 0.1) is 0 Å². The van der Waals surface area contributed by atoms with Crippen LogP contribution >= 0.6 is 0 Å². The molecule has 0 bridgehead atoms. The molecule has 1 atom stereocenters.